The van der Waals surface area contributed by atoms with E-state index in [1.807, 2.05) is 0 Å². The largest absolute Gasteiger partial charge is 0.334 e. The van der Waals surface area contributed by atoms with Crippen molar-refractivity contribution in [3.63, 3.8) is 0 Å². The minimum Gasteiger partial charge on any atom is -0.306 e. The molecule has 1 aliphatic heterocycles. The summed E-state index contributed by atoms with van der Waals surface area (Å²) in [4.78, 5) is 24.5. The van der Waals surface area contributed by atoms with Crippen molar-refractivity contribution in [3.8, 4) is 0 Å². The maximum absolute atomic E-state index is 12.0. The number of nitrogens with zero attached hydrogens (tertiary/aromatic N) is 3. The lowest BCUT2D eigenvalue weighted by Gasteiger charge is -2.26. The van der Waals surface area contributed by atoms with Gasteiger partial charge in [-0.05, 0) is 38.9 Å². The zero-order valence-corrected chi connectivity index (χ0v) is 11.2. The van der Waals surface area contributed by atoms with Gasteiger partial charge in [0.15, 0.2) is 0 Å². The number of aryl methyl sites for hydroxylation is 1. The third kappa shape index (κ3) is 3.20. The van der Waals surface area contributed by atoms with Crippen molar-refractivity contribution in [3.05, 3.63) is 38.3 Å². The normalized spacial score (nSPS) is 16.5. The van der Waals surface area contributed by atoms with Crippen LogP contribution in [0.2, 0.25) is 0 Å². The molecular weight excluding hydrogens is 246 g/mol. The molecule has 0 aliphatic carbocycles. The second-order valence-electron chi connectivity index (χ2n) is 4.98. The maximum atomic E-state index is 12.0. The van der Waals surface area contributed by atoms with E-state index in [1.54, 1.807) is 13.0 Å². The van der Waals surface area contributed by atoms with Crippen molar-refractivity contribution in [2.45, 2.75) is 32.7 Å². The Morgan fingerprint density at radius 3 is 2.53 bits per heavy atom. The van der Waals surface area contributed by atoms with Crippen LogP contribution in [0.3, 0.4) is 0 Å². The lowest BCUT2D eigenvalue weighted by Crippen LogP contribution is -2.35. The Morgan fingerprint density at radius 1 is 1.21 bits per heavy atom. The average molecular weight is 265 g/mol. The van der Waals surface area contributed by atoms with Crippen LogP contribution < -0.4 is 5.56 Å². The molecule has 1 fully saturated rings. The van der Waals surface area contributed by atoms with Crippen molar-refractivity contribution >= 4 is 5.69 Å². The summed E-state index contributed by atoms with van der Waals surface area (Å²) in [6.45, 7) is 5.22. The fourth-order valence-electron chi connectivity index (χ4n) is 2.50. The first-order valence-electron chi connectivity index (χ1n) is 6.67. The third-order valence-corrected chi connectivity index (χ3v) is 3.66. The van der Waals surface area contributed by atoms with Crippen LogP contribution in [0.1, 0.15) is 25.0 Å². The zero-order valence-electron chi connectivity index (χ0n) is 11.2. The smallest absolute Gasteiger partial charge is 0.306 e. The molecule has 6 nitrogen and oxygen atoms in total. The molecule has 0 aromatic carbocycles. The number of pyridine rings is 1. The first-order valence-corrected chi connectivity index (χ1v) is 6.67. The molecule has 0 unspecified atom stereocenters. The Bertz CT molecular complexity index is 518. The van der Waals surface area contributed by atoms with Crippen LogP contribution in [-0.2, 0) is 6.54 Å². The molecule has 19 heavy (non-hydrogen) atoms. The molecule has 2 heterocycles. The molecule has 104 valence electrons. The van der Waals surface area contributed by atoms with Crippen molar-refractivity contribution in [1.29, 1.82) is 0 Å². The number of hydrogen-bond donors (Lipinski definition) is 0. The van der Waals surface area contributed by atoms with Gasteiger partial charge in [-0.2, -0.15) is 0 Å². The highest BCUT2D eigenvalue weighted by atomic mass is 16.6. The number of piperidine rings is 1. The van der Waals surface area contributed by atoms with E-state index in [-0.39, 0.29) is 5.69 Å². The fraction of sp³-hybridized carbons (Fsp3) is 0.615. The summed E-state index contributed by atoms with van der Waals surface area (Å²) >= 11 is 0. The highest BCUT2D eigenvalue weighted by Gasteiger charge is 2.16. The molecule has 2 rings (SSSR count). The molecule has 6 heteroatoms. The Hall–Kier alpha value is -1.69. The van der Waals surface area contributed by atoms with Gasteiger partial charge in [-0.3, -0.25) is 14.9 Å². The average Bonchev–Trinajstić information content (AvgIpc) is 2.39. The number of nitro groups is 1. The Balaban J connectivity index is 2.12. The van der Waals surface area contributed by atoms with E-state index in [0.717, 1.165) is 25.3 Å². The minimum absolute atomic E-state index is 0.343. The quantitative estimate of drug-likeness (QED) is 0.612. The van der Waals surface area contributed by atoms with Gasteiger partial charge in [-0.1, -0.05) is 6.42 Å². The van der Waals surface area contributed by atoms with Gasteiger partial charge in [0.05, 0.1) is 4.92 Å². The monoisotopic (exact) mass is 265 g/mol. The molecule has 1 aromatic rings. The minimum atomic E-state index is -0.612. The molecule has 1 aliphatic rings. The van der Waals surface area contributed by atoms with E-state index in [4.69, 9.17) is 0 Å². The lowest BCUT2D eigenvalue weighted by atomic mass is 10.1. The molecular formula is C13H19N3O3. The van der Waals surface area contributed by atoms with Crippen molar-refractivity contribution in [2.75, 3.05) is 19.6 Å². The van der Waals surface area contributed by atoms with E-state index >= 15 is 0 Å². The van der Waals surface area contributed by atoms with Gasteiger partial charge >= 0.3 is 11.2 Å². The van der Waals surface area contributed by atoms with Gasteiger partial charge in [0.25, 0.3) is 0 Å². The van der Waals surface area contributed by atoms with E-state index in [9.17, 15) is 14.9 Å². The van der Waals surface area contributed by atoms with Crippen molar-refractivity contribution < 1.29 is 4.92 Å². The van der Waals surface area contributed by atoms with Gasteiger partial charge in [0.2, 0.25) is 0 Å². The van der Waals surface area contributed by atoms with Crippen LogP contribution in [0.15, 0.2) is 16.9 Å². The van der Waals surface area contributed by atoms with Gasteiger partial charge in [-0.15, -0.1) is 0 Å². The molecule has 0 saturated carbocycles. The summed E-state index contributed by atoms with van der Waals surface area (Å²) in [5.74, 6) is 0. The zero-order chi connectivity index (χ0) is 13.8. The number of rotatable bonds is 4. The standard InChI is InChI=1S/C13H19N3O3/c1-11-5-6-12(16(18)19)13(17)15(11)10-9-14-7-3-2-4-8-14/h5-6H,2-4,7-10H2,1H3. The Morgan fingerprint density at radius 2 is 1.89 bits per heavy atom. The molecule has 0 atom stereocenters. The highest BCUT2D eigenvalue weighted by Crippen LogP contribution is 2.09. The first kappa shape index (κ1) is 13.7. The van der Waals surface area contributed by atoms with Gasteiger partial charge in [0, 0.05) is 24.8 Å². The lowest BCUT2D eigenvalue weighted by molar-refractivity contribution is -0.386. The predicted molar refractivity (Wildman–Crippen MR) is 72.4 cm³/mol. The molecule has 0 N–H and O–H groups in total. The fourth-order valence-corrected chi connectivity index (χ4v) is 2.50. The van der Waals surface area contributed by atoms with Crippen LogP contribution >= 0.6 is 0 Å². The maximum Gasteiger partial charge on any atom is 0.334 e. The van der Waals surface area contributed by atoms with Crippen LogP contribution in [0.5, 0.6) is 0 Å². The first-order chi connectivity index (χ1) is 9.09. The summed E-state index contributed by atoms with van der Waals surface area (Å²) in [7, 11) is 0. The molecule has 1 saturated heterocycles. The second kappa shape index (κ2) is 5.97. The molecule has 0 bridgehead atoms. The van der Waals surface area contributed by atoms with Crippen molar-refractivity contribution in [2.24, 2.45) is 0 Å². The van der Waals surface area contributed by atoms with Crippen LogP contribution in [0.4, 0.5) is 5.69 Å². The van der Waals surface area contributed by atoms with Gasteiger partial charge in [0.1, 0.15) is 0 Å². The SMILES string of the molecule is Cc1ccc([N+](=O)[O-])c(=O)n1CCN1CCCCC1. The molecule has 0 spiro atoms. The number of hydrogen-bond acceptors (Lipinski definition) is 4. The summed E-state index contributed by atoms with van der Waals surface area (Å²) < 4.78 is 1.51. The summed E-state index contributed by atoms with van der Waals surface area (Å²) in [5.41, 5.74) is -0.0705. The van der Waals surface area contributed by atoms with Crippen LogP contribution in [0, 0.1) is 17.0 Å². The van der Waals surface area contributed by atoms with E-state index in [2.05, 4.69) is 4.90 Å². The summed E-state index contributed by atoms with van der Waals surface area (Å²) in [5, 5.41) is 10.8. The molecule has 0 radical (unpaired) electrons. The van der Waals surface area contributed by atoms with E-state index in [1.165, 1.54) is 29.9 Å². The summed E-state index contributed by atoms with van der Waals surface area (Å²) in [6.07, 6.45) is 3.66. The van der Waals surface area contributed by atoms with Crippen LogP contribution in [0.25, 0.3) is 0 Å². The second-order valence-corrected chi connectivity index (χ2v) is 4.98. The number of likely N-dealkylation sites (tertiary alicyclic amines) is 1. The number of aromatic nitrogens is 1. The van der Waals surface area contributed by atoms with Crippen LogP contribution in [-0.4, -0.2) is 34.0 Å². The van der Waals surface area contributed by atoms with Gasteiger partial charge in [-0.25, -0.2) is 0 Å². The Labute approximate surface area is 111 Å². The highest BCUT2D eigenvalue weighted by molar-refractivity contribution is 5.27. The third-order valence-electron chi connectivity index (χ3n) is 3.66. The summed E-state index contributed by atoms with van der Waals surface area (Å²) in [6, 6.07) is 2.92. The molecule has 1 aromatic heterocycles. The topological polar surface area (TPSA) is 68.4 Å². The van der Waals surface area contributed by atoms with E-state index in [0.29, 0.717) is 6.54 Å². The van der Waals surface area contributed by atoms with Crippen molar-refractivity contribution in [1.82, 2.24) is 9.47 Å². The Kier molecular flexibility index (Phi) is 4.31. The van der Waals surface area contributed by atoms with Gasteiger partial charge < -0.3 is 9.47 Å². The molecule has 0 amide bonds. The van der Waals surface area contributed by atoms with E-state index < -0.39 is 10.5 Å². The predicted octanol–water partition coefficient (Wildman–Crippen LogP) is 1.55.